The van der Waals surface area contributed by atoms with Gasteiger partial charge in [0.1, 0.15) is 0 Å². The van der Waals surface area contributed by atoms with Crippen molar-refractivity contribution in [2.75, 3.05) is 0 Å². The van der Waals surface area contributed by atoms with Gasteiger partial charge in [0.15, 0.2) is 5.17 Å². The Morgan fingerprint density at radius 1 is 1.40 bits per heavy atom. The van der Waals surface area contributed by atoms with Gasteiger partial charge in [0.25, 0.3) is 5.91 Å². The van der Waals surface area contributed by atoms with E-state index in [1.165, 1.54) is 11.8 Å². The lowest BCUT2D eigenvalue weighted by molar-refractivity contribution is -0.115. The molecule has 0 spiro atoms. The maximum atomic E-state index is 11.1. The third kappa shape index (κ3) is 2.30. The molecule has 1 aromatic carbocycles. The number of carbonyl (C=O) groups is 1. The highest BCUT2D eigenvalue weighted by atomic mass is 79.9. The van der Waals surface area contributed by atoms with Crippen LogP contribution in [0.4, 0.5) is 5.69 Å². The number of nitrogens with one attached hydrogen (secondary N) is 1. The number of amides is 1. The molecule has 1 aliphatic rings. The van der Waals surface area contributed by atoms with E-state index in [1.54, 1.807) is 0 Å². The number of benzene rings is 1. The molecule has 15 heavy (non-hydrogen) atoms. The van der Waals surface area contributed by atoms with Gasteiger partial charge >= 0.3 is 0 Å². The highest BCUT2D eigenvalue weighted by molar-refractivity contribution is 9.10. The van der Waals surface area contributed by atoms with Crippen molar-refractivity contribution in [3.05, 3.63) is 40.2 Å². The molecular formula is C10H7BrN2OS. The van der Waals surface area contributed by atoms with Gasteiger partial charge in [-0.1, -0.05) is 18.7 Å². The minimum absolute atomic E-state index is 0.175. The first-order valence-electron chi connectivity index (χ1n) is 4.18. The molecule has 0 aliphatic carbocycles. The Bertz CT molecular complexity index is 452. The van der Waals surface area contributed by atoms with Crippen molar-refractivity contribution in [2.24, 2.45) is 4.99 Å². The third-order valence-corrected chi connectivity index (χ3v) is 3.26. The summed E-state index contributed by atoms with van der Waals surface area (Å²) in [5.41, 5.74) is 0.787. The predicted octanol–water partition coefficient (Wildman–Crippen LogP) is 2.81. The lowest BCUT2D eigenvalue weighted by Gasteiger charge is -1.98. The summed E-state index contributed by atoms with van der Waals surface area (Å²) in [5.74, 6) is -0.175. The summed E-state index contributed by atoms with van der Waals surface area (Å²) in [6, 6.07) is 7.56. The molecular weight excluding hydrogens is 276 g/mol. The molecule has 0 unspecified atom stereocenters. The van der Waals surface area contributed by atoms with E-state index in [1.807, 2.05) is 24.3 Å². The third-order valence-electron chi connectivity index (χ3n) is 1.77. The van der Waals surface area contributed by atoms with Crippen LogP contribution in [-0.2, 0) is 4.79 Å². The zero-order valence-electron chi connectivity index (χ0n) is 7.66. The summed E-state index contributed by atoms with van der Waals surface area (Å²) >= 11 is 4.63. The first-order chi connectivity index (χ1) is 7.16. The van der Waals surface area contributed by atoms with Crippen LogP contribution in [0.1, 0.15) is 0 Å². The molecule has 0 saturated carbocycles. The number of aliphatic imine (C=N–C) groups is 1. The van der Waals surface area contributed by atoms with Gasteiger partial charge in [-0.2, -0.15) is 0 Å². The monoisotopic (exact) mass is 282 g/mol. The van der Waals surface area contributed by atoms with Gasteiger partial charge in [0.05, 0.1) is 10.6 Å². The fourth-order valence-electron chi connectivity index (χ4n) is 1.06. The molecule has 1 amide bonds. The van der Waals surface area contributed by atoms with Crippen molar-refractivity contribution in [1.82, 2.24) is 5.32 Å². The molecule has 1 saturated heterocycles. The average Bonchev–Trinajstić information content (AvgIpc) is 2.50. The van der Waals surface area contributed by atoms with Crippen LogP contribution in [0.3, 0.4) is 0 Å². The first kappa shape index (κ1) is 10.4. The van der Waals surface area contributed by atoms with Crippen molar-refractivity contribution in [2.45, 2.75) is 0 Å². The molecule has 0 aromatic heterocycles. The molecule has 2 rings (SSSR count). The molecule has 5 heteroatoms. The Labute approximate surface area is 99.8 Å². The summed E-state index contributed by atoms with van der Waals surface area (Å²) in [4.78, 5) is 15.9. The Morgan fingerprint density at radius 2 is 2.13 bits per heavy atom. The molecule has 3 nitrogen and oxygen atoms in total. The van der Waals surface area contributed by atoms with Crippen LogP contribution >= 0.6 is 27.7 Å². The van der Waals surface area contributed by atoms with Crippen LogP contribution in [-0.4, -0.2) is 11.1 Å². The van der Waals surface area contributed by atoms with Gasteiger partial charge in [-0.3, -0.25) is 4.79 Å². The zero-order chi connectivity index (χ0) is 10.8. The highest BCUT2D eigenvalue weighted by Crippen LogP contribution is 2.28. The SMILES string of the molecule is C=C1SC(=Nc2ccccc2Br)NC1=O. The number of nitrogens with zero attached hydrogens (tertiary/aromatic N) is 1. The fraction of sp³-hybridized carbons (Fsp3) is 0. The van der Waals surface area contributed by atoms with E-state index in [4.69, 9.17) is 0 Å². The number of hydrogen-bond donors (Lipinski definition) is 1. The summed E-state index contributed by atoms with van der Waals surface area (Å²) in [6.45, 7) is 3.61. The Hall–Kier alpha value is -1.07. The normalized spacial score (nSPS) is 18.3. The average molecular weight is 283 g/mol. The standard InChI is InChI=1S/C10H7BrN2OS/c1-6-9(14)13-10(15-6)12-8-5-3-2-4-7(8)11/h2-5H,1H2,(H,12,13,14). The number of carbonyl (C=O) groups excluding carboxylic acids is 1. The number of hydrogen-bond acceptors (Lipinski definition) is 3. The van der Waals surface area contributed by atoms with Gasteiger partial charge in [-0.05, 0) is 39.8 Å². The molecule has 0 bridgehead atoms. The number of thioether (sulfide) groups is 1. The van der Waals surface area contributed by atoms with Crippen LogP contribution < -0.4 is 5.32 Å². The number of halogens is 1. The van der Waals surface area contributed by atoms with Crippen LogP contribution in [0.5, 0.6) is 0 Å². The molecule has 1 aromatic rings. The lowest BCUT2D eigenvalue weighted by Crippen LogP contribution is -2.19. The Balaban J connectivity index is 2.29. The molecule has 1 N–H and O–H groups in total. The lowest BCUT2D eigenvalue weighted by atomic mass is 10.3. The topological polar surface area (TPSA) is 41.5 Å². The van der Waals surface area contributed by atoms with E-state index in [2.05, 4.69) is 32.8 Å². The van der Waals surface area contributed by atoms with Crippen molar-refractivity contribution in [1.29, 1.82) is 0 Å². The van der Waals surface area contributed by atoms with Crippen molar-refractivity contribution >= 4 is 44.5 Å². The van der Waals surface area contributed by atoms with Crippen LogP contribution in [0.15, 0.2) is 45.2 Å². The van der Waals surface area contributed by atoms with Gasteiger partial charge in [0, 0.05) is 4.47 Å². The minimum Gasteiger partial charge on any atom is -0.300 e. The second-order valence-corrected chi connectivity index (χ2v) is 4.79. The maximum Gasteiger partial charge on any atom is 0.263 e. The summed E-state index contributed by atoms with van der Waals surface area (Å²) in [5, 5.41) is 3.20. The predicted molar refractivity (Wildman–Crippen MR) is 66.1 cm³/mol. The van der Waals surface area contributed by atoms with E-state index in [0.717, 1.165) is 10.2 Å². The van der Waals surface area contributed by atoms with Crippen molar-refractivity contribution in [3.8, 4) is 0 Å². The summed E-state index contributed by atoms with van der Waals surface area (Å²) in [7, 11) is 0. The first-order valence-corrected chi connectivity index (χ1v) is 5.79. The Kier molecular flexibility index (Phi) is 2.93. The molecule has 76 valence electrons. The molecule has 1 heterocycles. The molecule has 1 fully saturated rings. The van der Waals surface area contributed by atoms with Crippen LogP contribution in [0, 0.1) is 0 Å². The zero-order valence-corrected chi connectivity index (χ0v) is 10.1. The maximum absolute atomic E-state index is 11.1. The fourth-order valence-corrected chi connectivity index (χ4v) is 2.10. The van der Waals surface area contributed by atoms with Crippen molar-refractivity contribution in [3.63, 3.8) is 0 Å². The molecule has 0 radical (unpaired) electrons. The van der Waals surface area contributed by atoms with Gasteiger partial charge in [-0.25, -0.2) is 4.99 Å². The minimum atomic E-state index is -0.175. The van der Waals surface area contributed by atoms with Crippen LogP contribution in [0.2, 0.25) is 0 Å². The van der Waals surface area contributed by atoms with Gasteiger partial charge in [0.2, 0.25) is 0 Å². The number of para-hydroxylation sites is 1. The van der Waals surface area contributed by atoms with Crippen molar-refractivity contribution < 1.29 is 4.79 Å². The second kappa shape index (κ2) is 4.20. The van der Waals surface area contributed by atoms with E-state index in [9.17, 15) is 4.79 Å². The smallest absolute Gasteiger partial charge is 0.263 e. The largest absolute Gasteiger partial charge is 0.300 e. The van der Waals surface area contributed by atoms with Gasteiger partial charge < -0.3 is 5.32 Å². The summed E-state index contributed by atoms with van der Waals surface area (Å²) < 4.78 is 0.893. The van der Waals surface area contributed by atoms with E-state index < -0.39 is 0 Å². The van der Waals surface area contributed by atoms with Gasteiger partial charge in [-0.15, -0.1) is 0 Å². The highest BCUT2D eigenvalue weighted by Gasteiger charge is 2.21. The number of amidine groups is 1. The second-order valence-electron chi connectivity index (χ2n) is 2.85. The summed E-state index contributed by atoms with van der Waals surface area (Å²) in [6.07, 6.45) is 0. The van der Waals surface area contributed by atoms with Crippen LogP contribution in [0.25, 0.3) is 0 Å². The number of rotatable bonds is 1. The molecule has 0 atom stereocenters. The van der Waals surface area contributed by atoms with E-state index >= 15 is 0 Å². The quantitative estimate of drug-likeness (QED) is 0.805. The Morgan fingerprint density at radius 3 is 2.73 bits per heavy atom. The molecule has 1 aliphatic heterocycles. The van der Waals surface area contributed by atoms with E-state index in [0.29, 0.717) is 10.1 Å². The van der Waals surface area contributed by atoms with E-state index in [-0.39, 0.29) is 5.91 Å².